The third kappa shape index (κ3) is 4.33. The number of carbonyl (C=O) groups is 2. The molecule has 1 fully saturated rings. The average molecular weight is 436 g/mol. The molecule has 2 amide bonds. The molecule has 0 bridgehead atoms. The number of hydrogen-bond donors (Lipinski definition) is 0. The number of aromatic nitrogens is 2. The van der Waals surface area contributed by atoms with Gasteiger partial charge in [-0.15, -0.1) is 0 Å². The van der Waals surface area contributed by atoms with Crippen LogP contribution in [0.4, 0.5) is 11.5 Å². The predicted octanol–water partition coefficient (Wildman–Crippen LogP) is 3.42. The summed E-state index contributed by atoms with van der Waals surface area (Å²) >= 11 is 0. The molecular formula is C25H33N5O2. The van der Waals surface area contributed by atoms with Gasteiger partial charge in [0, 0.05) is 68.6 Å². The van der Waals surface area contributed by atoms with Gasteiger partial charge in [0.1, 0.15) is 11.6 Å². The summed E-state index contributed by atoms with van der Waals surface area (Å²) in [6.45, 7) is 8.19. The highest BCUT2D eigenvalue weighted by atomic mass is 16.2. The molecule has 1 saturated heterocycles. The number of carbonyl (C=O) groups excluding carboxylic acids is 2. The average Bonchev–Trinajstić information content (AvgIpc) is 3.25. The minimum Gasteiger partial charge on any atom is -0.378 e. The fraction of sp³-hybridized carbons (Fsp3) is 0.520. The first-order chi connectivity index (χ1) is 15.2. The highest BCUT2D eigenvalue weighted by Gasteiger charge is 2.33. The normalized spacial score (nSPS) is 18.3. The van der Waals surface area contributed by atoms with Crippen LogP contribution in [0.5, 0.6) is 0 Å². The Kier molecular flexibility index (Phi) is 6.17. The molecule has 7 nitrogen and oxygen atoms in total. The maximum absolute atomic E-state index is 13.0. The van der Waals surface area contributed by atoms with Gasteiger partial charge in [0.25, 0.3) is 5.91 Å². The Morgan fingerprint density at radius 3 is 2.53 bits per heavy atom. The van der Waals surface area contributed by atoms with Gasteiger partial charge in [0.2, 0.25) is 5.91 Å². The molecule has 32 heavy (non-hydrogen) atoms. The second-order valence-corrected chi connectivity index (χ2v) is 9.55. The molecule has 7 heteroatoms. The van der Waals surface area contributed by atoms with E-state index in [9.17, 15) is 9.59 Å². The number of nitrogens with zero attached hydrogens (tertiary/aromatic N) is 5. The standard InChI is InChI=1S/C25H33N5O2/c1-16(2)14-30-22(31)11-10-21-17(3)26-23(27-24(21)30)19-12-13-29(15-19)25(32)18-6-8-20(9-7-18)28(4)5/h6-9,16,19H,10-15H2,1-5H3. The zero-order valence-electron chi connectivity index (χ0n) is 19.8. The van der Waals surface area contributed by atoms with Crippen LogP contribution in [0.25, 0.3) is 0 Å². The SMILES string of the molecule is Cc1nc(C2CCN(C(=O)c3ccc(N(C)C)cc3)C2)nc2c1CCC(=O)N2CC(C)C. The number of amides is 2. The van der Waals surface area contributed by atoms with Gasteiger partial charge < -0.3 is 9.80 Å². The molecule has 4 rings (SSSR count). The van der Waals surface area contributed by atoms with Crippen molar-refractivity contribution in [3.8, 4) is 0 Å². The minimum atomic E-state index is 0.0455. The summed E-state index contributed by atoms with van der Waals surface area (Å²) < 4.78 is 0. The van der Waals surface area contributed by atoms with E-state index in [1.807, 2.05) is 60.0 Å². The van der Waals surface area contributed by atoms with E-state index in [4.69, 9.17) is 9.97 Å². The molecule has 2 aromatic rings. The van der Waals surface area contributed by atoms with Gasteiger partial charge in [0.05, 0.1) is 0 Å². The van der Waals surface area contributed by atoms with Crippen molar-refractivity contribution in [3.05, 3.63) is 46.9 Å². The van der Waals surface area contributed by atoms with Crippen molar-refractivity contribution in [1.82, 2.24) is 14.9 Å². The Bertz CT molecular complexity index is 1020. The molecule has 2 aliphatic rings. The monoisotopic (exact) mass is 435 g/mol. The number of fused-ring (bicyclic) bond motifs is 1. The van der Waals surface area contributed by atoms with Gasteiger partial charge in [0.15, 0.2) is 0 Å². The summed E-state index contributed by atoms with van der Waals surface area (Å²) in [4.78, 5) is 41.1. The van der Waals surface area contributed by atoms with Crippen LogP contribution in [0, 0.1) is 12.8 Å². The van der Waals surface area contributed by atoms with Crippen LogP contribution in [0.3, 0.4) is 0 Å². The van der Waals surface area contributed by atoms with Gasteiger partial charge in [-0.2, -0.15) is 0 Å². The number of benzene rings is 1. The van der Waals surface area contributed by atoms with E-state index in [-0.39, 0.29) is 17.7 Å². The Hall–Kier alpha value is -2.96. The van der Waals surface area contributed by atoms with Crippen LogP contribution in [0.1, 0.15) is 60.0 Å². The molecule has 1 aromatic heterocycles. The van der Waals surface area contributed by atoms with E-state index in [1.54, 1.807) is 0 Å². The molecule has 1 atom stereocenters. The molecule has 0 saturated carbocycles. The van der Waals surface area contributed by atoms with E-state index in [1.165, 1.54) is 0 Å². The van der Waals surface area contributed by atoms with E-state index in [0.29, 0.717) is 44.0 Å². The van der Waals surface area contributed by atoms with Crippen molar-refractivity contribution >= 4 is 23.3 Å². The highest BCUT2D eigenvalue weighted by Crippen LogP contribution is 2.33. The Morgan fingerprint density at radius 2 is 1.88 bits per heavy atom. The fourth-order valence-corrected chi connectivity index (χ4v) is 4.58. The molecule has 3 heterocycles. The van der Waals surface area contributed by atoms with Crippen molar-refractivity contribution in [2.75, 3.05) is 43.5 Å². The number of likely N-dealkylation sites (tertiary alicyclic amines) is 1. The molecule has 1 aromatic carbocycles. The summed E-state index contributed by atoms with van der Waals surface area (Å²) in [5.74, 6) is 2.16. The van der Waals surface area contributed by atoms with E-state index < -0.39 is 0 Å². The maximum Gasteiger partial charge on any atom is 0.253 e. The van der Waals surface area contributed by atoms with Crippen molar-refractivity contribution in [2.45, 2.75) is 46.0 Å². The lowest BCUT2D eigenvalue weighted by Crippen LogP contribution is -2.39. The number of rotatable bonds is 5. The lowest BCUT2D eigenvalue weighted by Gasteiger charge is -2.31. The van der Waals surface area contributed by atoms with Crippen LogP contribution < -0.4 is 9.80 Å². The van der Waals surface area contributed by atoms with Crippen molar-refractivity contribution in [2.24, 2.45) is 5.92 Å². The van der Waals surface area contributed by atoms with Crippen LogP contribution in [-0.2, 0) is 11.2 Å². The molecule has 0 aliphatic carbocycles. The topological polar surface area (TPSA) is 69.6 Å². The maximum atomic E-state index is 13.0. The van der Waals surface area contributed by atoms with Gasteiger partial charge in [-0.25, -0.2) is 9.97 Å². The summed E-state index contributed by atoms with van der Waals surface area (Å²) in [5.41, 5.74) is 3.81. The zero-order chi connectivity index (χ0) is 23.0. The van der Waals surface area contributed by atoms with Gasteiger partial charge in [-0.3, -0.25) is 14.5 Å². The lowest BCUT2D eigenvalue weighted by molar-refractivity contribution is -0.119. The van der Waals surface area contributed by atoms with E-state index in [0.717, 1.165) is 35.0 Å². The van der Waals surface area contributed by atoms with Crippen molar-refractivity contribution < 1.29 is 9.59 Å². The minimum absolute atomic E-state index is 0.0455. The van der Waals surface area contributed by atoms with Crippen molar-refractivity contribution in [1.29, 1.82) is 0 Å². The van der Waals surface area contributed by atoms with Crippen LogP contribution in [-0.4, -0.2) is 60.4 Å². The van der Waals surface area contributed by atoms with Crippen LogP contribution in [0.15, 0.2) is 24.3 Å². The van der Waals surface area contributed by atoms with E-state index >= 15 is 0 Å². The predicted molar refractivity (Wildman–Crippen MR) is 126 cm³/mol. The van der Waals surface area contributed by atoms with Crippen LogP contribution >= 0.6 is 0 Å². The third-order valence-electron chi connectivity index (χ3n) is 6.37. The first kappa shape index (κ1) is 22.2. The number of hydrogen-bond acceptors (Lipinski definition) is 5. The quantitative estimate of drug-likeness (QED) is 0.720. The third-order valence-corrected chi connectivity index (χ3v) is 6.37. The second kappa shape index (κ2) is 8.88. The molecule has 0 spiro atoms. The first-order valence-electron chi connectivity index (χ1n) is 11.5. The molecule has 0 radical (unpaired) electrons. The van der Waals surface area contributed by atoms with Crippen molar-refractivity contribution in [3.63, 3.8) is 0 Å². The summed E-state index contributed by atoms with van der Waals surface area (Å²) in [6, 6.07) is 7.72. The first-order valence-corrected chi connectivity index (χ1v) is 11.5. The number of anilines is 2. The summed E-state index contributed by atoms with van der Waals surface area (Å²) in [7, 11) is 3.97. The van der Waals surface area contributed by atoms with Gasteiger partial charge >= 0.3 is 0 Å². The Labute approximate surface area is 190 Å². The van der Waals surface area contributed by atoms with Gasteiger partial charge in [-0.05, 0) is 49.9 Å². The molecule has 1 unspecified atom stereocenters. The smallest absolute Gasteiger partial charge is 0.253 e. The fourth-order valence-electron chi connectivity index (χ4n) is 4.58. The second-order valence-electron chi connectivity index (χ2n) is 9.55. The molecular weight excluding hydrogens is 402 g/mol. The Morgan fingerprint density at radius 1 is 1.16 bits per heavy atom. The zero-order valence-corrected chi connectivity index (χ0v) is 19.8. The summed E-state index contributed by atoms with van der Waals surface area (Å²) in [6.07, 6.45) is 2.05. The van der Waals surface area contributed by atoms with E-state index in [2.05, 4.69) is 13.8 Å². The van der Waals surface area contributed by atoms with Gasteiger partial charge in [-0.1, -0.05) is 13.8 Å². The molecule has 0 N–H and O–H groups in total. The largest absolute Gasteiger partial charge is 0.378 e. The highest BCUT2D eigenvalue weighted by molar-refractivity contribution is 5.96. The summed E-state index contributed by atoms with van der Waals surface area (Å²) in [5, 5.41) is 0. The van der Waals surface area contributed by atoms with Crippen LogP contribution in [0.2, 0.25) is 0 Å². The number of aryl methyl sites for hydroxylation is 1. The molecule has 2 aliphatic heterocycles. The molecule has 170 valence electrons. The Balaban J connectivity index is 1.54. The lowest BCUT2D eigenvalue weighted by atomic mass is 10.0.